The van der Waals surface area contributed by atoms with E-state index in [9.17, 15) is 8.42 Å². The van der Waals surface area contributed by atoms with Crippen LogP contribution >= 0.6 is 11.3 Å². The van der Waals surface area contributed by atoms with Gasteiger partial charge in [-0.25, -0.2) is 13.4 Å². The molecule has 1 saturated heterocycles. The van der Waals surface area contributed by atoms with Crippen LogP contribution in [0.5, 0.6) is 5.75 Å². The SMILES string of the molecule is COc1cccc(S(=O)(=O)c2cc3c(N4CCNCC4)nccc3s2)c1. The summed E-state index contributed by atoms with van der Waals surface area (Å²) in [7, 11) is -2.08. The molecule has 0 atom stereocenters. The fraction of sp³-hybridized carbons (Fsp3) is 0.278. The van der Waals surface area contributed by atoms with Gasteiger partial charge in [0.05, 0.1) is 12.0 Å². The first-order valence-electron chi connectivity index (χ1n) is 8.33. The first-order chi connectivity index (χ1) is 12.6. The summed E-state index contributed by atoms with van der Waals surface area (Å²) >= 11 is 1.28. The smallest absolute Gasteiger partial charge is 0.216 e. The molecule has 4 rings (SSSR count). The van der Waals surface area contributed by atoms with Gasteiger partial charge in [-0.3, -0.25) is 0 Å². The predicted molar refractivity (Wildman–Crippen MR) is 103 cm³/mol. The minimum Gasteiger partial charge on any atom is -0.497 e. The maximum Gasteiger partial charge on any atom is 0.216 e. The van der Waals surface area contributed by atoms with Crippen molar-refractivity contribution in [2.75, 3.05) is 38.2 Å². The van der Waals surface area contributed by atoms with E-state index in [1.54, 1.807) is 36.5 Å². The number of fused-ring (bicyclic) bond motifs is 1. The summed E-state index contributed by atoms with van der Waals surface area (Å²) in [6.07, 6.45) is 1.75. The van der Waals surface area contributed by atoms with Gasteiger partial charge in [-0.2, -0.15) is 0 Å². The number of hydrogen-bond acceptors (Lipinski definition) is 7. The highest BCUT2D eigenvalue weighted by atomic mass is 32.2. The molecule has 0 amide bonds. The van der Waals surface area contributed by atoms with Gasteiger partial charge >= 0.3 is 0 Å². The summed E-state index contributed by atoms with van der Waals surface area (Å²) in [5.74, 6) is 1.38. The van der Waals surface area contributed by atoms with Crippen LogP contribution in [0.4, 0.5) is 5.82 Å². The van der Waals surface area contributed by atoms with Crippen molar-refractivity contribution < 1.29 is 13.2 Å². The van der Waals surface area contributed by atoms with Crippen LogP contribution in [-0.4, -0.2) is 46.7 Å². The van der Waals surface area contributed by atoms with Crippen LogP contribution in [-0.2, 0) is 9.84 Å². The molecule has 2 aromatic heterocycles. The molecule has 0 bridgehead atoms. The normalized spacial score (nSPS) is 15.3. The van der Waals surface area contributed by atoms with Crippen LogP contribution in [0, 0.1) is 0 Å². The van der Waals surface area contributed by atoms with E-state index in [0.717, 1.165) is 42.1 Å². The number of nitrogens with zero attached hydrogens (tertiary/aromatic N) is 2. The molecule has 1 N–H and O–H groups in total. The molecule has 3 aromatic rings. The first kappa shape index (κ1) is 17.3. The predicted octanol–water partition coefficient (Wildman–Crippen LogP) is 2.55. The Hall–Kier alpha value is -2.16. The number of thiophene rings is 1. The van der Waals surface area contributed by atoms with Crippen molar-refractivity contribution in [3.8, 4) is 5.75 Å². The van der Waals surface area contributed by atoms with E-state index in [1.165, 1.54) is 18.4 Å². The van der Waals surface area contributed by atoms with Crippen molar-refractivity contribution in [3.05, 3.63) is 42.6 Å². The lowest BCUT2D eigenvalue weighted by atomic mass is 10.2. The Labute approximate surface area is 156 Å². The van der Waals surface area contributed by atoms with Crippen LogP contribution in [0.1, 0.15) is 0 Å². The monoisotopic (exact) mass is 389 g/mol. The van der Waals surface area contributed by atoms with E-state index < -0.39 is 9.84 Å². The lowest BCUT2D eigenvalue weighted by Crippen LogP contribution is -2.43. The molecular weight excluding hydrogens is 370 g/mol. The zero-order valence-electron chi connectivity index (χ0n) is 14.3. The summed E-state index contributed by atoms with van der Waals surface area (Å²) < 4.78 is 32.5. The number of piperazine rings is 1. The molecule has 8 heteroatoms. The van der Waals surface area contributed by atoms with Gasteiger partial charge in [-0.15, -0.1) is 11.3 Å². The van der Waals surface area contributed by atoms with E-state index >= 15 is 0 Å². The molecule has 136 valence electrons. The zero-order valence-corrected chi connectivity index (χ0v) is 15.9. The second-order valence-corrected chi connectivity index (χ2v) is 9.29. The van der Waals surface area contributed by atoms with Crippen molar-refractivity contribution in [2.24, 2.45) is 0 Å². The van der Waals surface area contributed by atoms with Gasteiger partial charge in [0, 0.05) is 42.5 Å². The van der Waals surface area contributed by atoms with Crippen molar-refractivity contribution in [1.82, 2.24) is 10.3 Å². The Morgan fingerprint density at radius 2 is 2.00 bits per heavy atom. The number of aromatic nitrogens is 1. The summed E-state index contributed by atoms with van der Waals surface area (Å²) in [6, 6.07) is 10.2. The topological polar surface area (TPSA) is 71.5 Å². The van der Waals surface area contributed by atoms with Crippen LogP contribution in [0.2, 0.25) is 0 Å². The number of hydrogen-bond donors (Lipinski definition) is 1. The van der Waals surface area contributed by atoms with Crippen LogP contribution in [0.3, 0.4) is 0 Å². The second kappa shape index (κ2) is 6.86. The maximum absolute atomic E-state index is 13.1. The largest absolute Gasteiger partial charge is 0.497 e. The van der Waals surface area contributed by atoms with Crippen LogP contribution in [0.15, 0.2) is 51.7 Å². The highest BCUT2D eigenvalue weighted by Gasteiger charge is 2.23. The number of anilines is 1. The minimum absolute atomic E-state index is 0.236. The molecule has 6 nitrogen and oxygen atoms in total. The molecule has 0 aliphatic carbocycles. The Morgan fingerprint density at radius 3 is 2.77 bits per heavy atom. The molecule has 1 aromatic carbocycles. The van der Waals surface area contributed by atoms with Gasteiger partial charge in [-0.05, 0) is 30.3 Å². The highest BCUT2D eigenvalue weighted by Crippen LogP contribution is 2.37. The third-order valence-corrected chi connectivity index (χ3v) is 7.76. The Morgan fingerprint density at radius 1 is 1.19 bits per heavy atom. The van der Waals surface area contributed by atoms with Gasteiger partial charge in [0.1, 0.15) is 15.8 Å². The lowest BCUT2D eigenvalue weighted by molar-refractivity contribution is 0.413. The van der Waals surface area contributed by atoms with Gasteiger partial charge in [-0.1, -0.05) is 6.07 Å². The number of pyridine rings is 1. The third-order valence-electron chi connectivity index (χ3n) is 4.43. The zero-order chi connectivity index (χ0) is 18.1. The van der Waals surface area contributed by atoms with E-state index in [1.807, 2.05) is 6.07 Å². The van der Waals surface area contributed by atoms with Crippen molar-refractivity contribution in [3.63, 3.8) is 0 Å². The fourth-order valence-electron chi connectivity index (χ4n) is 3.07. The molecule has 26 heavy (non-hydrogen) atoms. The van der Waals surface area contributed by atoms with Crippen LogP contribution < -0.4 is 15.0 Å². The Bertz CT molecular complexity index is 1040. The number of rotatable bonds is 4. The fourth-order valence-corrected chi connectivity index (χ4v) is 5.88. The number of ether oxygens (including phenoxy) is 1. The molecule has 1 aliphatic heterocycles. The number of sulfone groups is 1. The standard InChI is InChI=1S/C18H19N3O3S2/c1-24-13-3-2-4-14(11-13)26(22,23)17-12-15-16(25-17)5-6-20-18(15)21-9-7-19-8-10-21/h2-6,11-12,19H,7-10H2,1H3. The van der Waals surface area contributed by atoms with Gasteiger partial charge in [0.25, 0.3) is 0 Å². The lowest BCUT2D eigenvalue weighted by Gasteiger charge is -2.28. The average molecular weight is 390 g/mol. The quantitative estimate of drug-likeness (QED) is 0.739. The Balaban J connectivity index is 1.79. The molecule has 1 aliphatic rings. The van der Waals surface area contributed by atoms with Crippen molar-refractivity contribution in [1.29, 1.82) is 0 Å². The van der Waals surface area contributed by atoms with Crippen LogP contribution in [0.25, 0.3) is 10.1 Å². The molecule has 0 spiro atoms. The second-order valence-electron chi connectivity index (χ2n) is 6.03. The molecule has 0 unspecified atom stereocenters. The number of nitrogens with one attached hydrogen (secondary N) is 1. The van der Waals surface area contributed by atoms with E-state index in [4.69, 9.17) is 4.74 Å². The first-order valence-corrected chi connectivity index (χ1v) is 10.6. The third kappa shape index (κ3) is 3.04. The van der Waals surface area contributed by atoms with Crippen molar-refractivity contribution in [2.45, 2.75) is 9.10 Å². The van der Waals surface area contributed by atoms with E-state index in [2.05, 4.69) is 15.2 Å². The molecule has 0 radical (unpaired) electrons. The summed E-state index contributed by atoms with van der Waals surface area (Å²) in [6.45, 7) is 3.52. The number of benzene rings is 1. The van der Waals surface area contributed by atoms with Crippen molar-refractivity contribution >= 4 is 37.1 Å². The van der Waals surface area contributed by atoms with Gasteiger partial charge < -0.3 is 15.0 Å². The van der Waals surface area contributed by atoms with E-state index in [0.29, 0.717) is 9.96 Å². The molecule has 3 heterocycles. The highest BCUT2D eigenvalue weighted by molar-refractivity contribution is 7.93. The summed E-state index contributed by atoms with van der Waals surface area (Å²) in [5, 5.41) is 4.21. The van der Waals surface area contributed by atoms with Gasteiger partial charge in [0.2, 0.25) is 9.84 Å². The number of methoxy groups -OCH3 is 1. The average Bonchev–Trinajstić information content (AvgIpc) is 3.14. The molecular formula is C18H19N3O3S2. The molecule has 1 fully saturated rings. The minimum atomic E-state index is -3.60. The maximum atomic E-state index is 13.1. The summed E-state index contributed by atoms with van der Waals surface area (Å²) in [5.41, 5.74) is 0. The molecule has 0 saturated carbocycles. The van der Waals surface area contributed by atoms with E-state index in [-0.39, 0.29) is 4.90 Å². The Kier molecular flexibility index (Phi) is 4.56. The summed E-state index contributed by atoms with van der Waals surface area (Å²) in [4.78, 5) is 6.95. The van der Waals surface area contributed by atoms with Gasteiger partial charge in [0.15, 0.2) is 0 Å².